The Bertz CT molecular complexity index is 413. The summed E-state index contributed by atoms with van der Waals surface area (Å²) in [6.45, 7) is 5.73. The van der Waals surface area contributed by atoms with Gasteiger partial charge in [-0.1, -0.05) is 17.7 Å². The van der Waals surface area contributed by atoms with Gasteiger partial charge in [-0.25, -0.2) is 0 Å². The van der Waals surface area contributed by atoms with Crippen LogP contribution in [0.4, 0.5) is 5.69 Å². The van der Waals surface area contributed by atoms with Gasteiger partial charge in [0, 0.05) is 17.8 Å². The molecular weight excluding hydrogens is 196 g/mol. The zero-order chi connectivity index (χ0) is 11.3. The molecule has 3 atom stereocenters. The molecule has 16 heavy (non-hydrogen) atoms. The first-order chi connectivity index (χ1) is 7.66. The molecule has 0 radical (unpaired) electrons. The molecule has 2 aliphatic heterocycles. The van der Waals surface area contributed by atoms with Crippen molar-refractivity contribution in [1.82, 2.24) is 4.90 Å². The number of hydrogen-bond acceptors (Lipinski definition) is 2. The molecule has 2 heteroatoms. The molecule has 0 aromatic heterocycles. The number of hydrogen-bond donors (Lipinski definition) is 1. The van der Waals surface area contributed by atoms with Crippen molar-refractivity contribution in [1.29, 1.82) is 0 Å². The van der Waals surface area contributed by atoms with Crippen molar-refractivity contribution < 1.29 is 0 Å². The summed E-state index contributed by atoms with van der Waals surface area (Å²) in [5.74, 6) is 0.777. The van der Waals surface area contributed by atoms with Gasteiger partial charge in [-0.05, 0) is 51.4 Å². The molecular formula is C14H20N2. The maximum absolute atomic E-state index is 3.65. The average molecular weight is 216 g/mol. The molecule has 0 amide bonds. The summed E-state index contributed by atoms with van der Waals surface area (Å²) in [5, 5.41) is 3.65. The fourth-order valence-electron chi connectivity index (χ4n) is 3.38. The van der Waals surface area contributed by atoms with Crippen molar-refractivity contribution >= 4 is 5.69 Å². The van der Waals surface area contributed by atoms with Crippen molar-refractivity contribution in [2.75, 3.05) is 18.9 Å². The number of rotatable bonds is 0. The summed E-state index contributed by atoms with van der Waals surface area (Å²) < 4.78 is 0. The van der Waals surface area contributed by atoms with Gasteiger partial charge in [-0.3, -0.25) is 4.90 Å². The predicted molar refractivity (Wildman–Crippen MR) is 67.7 cm³/mol. The number of aryl methyl sites for hydroxylation is 1. The molecule has 0 spiro atoms. The summed E-state index contributed by atoms with van der Waals surface area (Å²) >= 11 is 0. The number of fused-ring (bicyclic) bond motifs is 3. The minimum absolute atomic E-state index is 0.602. The van der Waals surface area contributed by atoms with Crippen molar-refractivity contribution in [3.63, 3.8) is 0 Å². The molecule has 0 bridgehead atoms. The van der Waals surface area contributed by atoms with Gasteiger partial charge < -0.3 is 5.32 Å². The Labute approximate surface area is 97.6 Å². The Hall–Kier alpha value is -1.02. The molecule has 1 saturated heterocycles. The summed E-state index contributed by atoms with van der Waals surface area (Å²) in [4.78, 5) is 2.51. The second-order valence-electron chi connectivity index (χ2n) is 5.40. The van der Waals surface area contributed by atoms with E-state index in [1.54, 1.807) is 0 Å². The van der Waals surface area contributed by atoms with E-state index in [0.29, 0.717) is 12.1 Å². The minimum Gasteiger partial charge on any atom is -0.382 e. The topological polar surface area (TPSA) is 15.3 Å². The second kappa shape index (κ2) is 3.49. The van der Waals surface area contributed by atoms with Gasteiger partial charge in [-0.2, -0.15) is 0 Å². The van der Waals surface area contributed by atoms with E-state index in [9.17, 15) is 0 Å². The Morgan fingerprint density at radius 3 is 3.00 bits per heavy atom. The Morgan fingerprint density at radius 1 is 1.38 bits per heavy atom. The first kappa shape index (κ1) is 10.2. The third-order valence-corrected chi connectivity index (χ3v) is 4.25. The number of nitrogens with one attached hydrogen (secondary N) is 1. The lowest BCUT2D eigenvalue weighted by atomic mass is 9.83. The summed E-state index contributed by atoms with van der Waals surface area (Å²) in [7, 11) is 2.26. The van der Waals surface area contributed by atoms with E-state index in [-0.39, 0.29) is 0 Å². The highest BCUT2D eigenvalue weighted by Gasteiger charge is 2.40. The quantitative estimate of drug-likeness (QED) is 0.717. The molecule has 2 heterocycles. The third kappa shape index (κ3) is 1.36. The van der Waals surface area contributed by atoms with Crippen LogP contribution in [0, 0.1) is 12.8 Å². The van der Waals surface area contributed by atoms with Crippen LogP contribution in [0.2, 0.25) is 0 Å². The summed E-state index contributed by atoms with van der Waals surface area (Å²) in [6.07, 6.45) is 1.32. The number of benzene rings is 1. The fraction of sp³-hybridized carbons (Fsp3) is 0.571. The molecule has 1 N–H and O–H groups in total. The van der Waals surface area contributed by atoms with Crippen LogP contribution in [0.3, 0.4) is 0 Å². The first-order valence-corrected chi connectivity index (χ1v) is 6.24. The van der Waals surface area contributed by atoms with E-state index in [0.717, 1.165) is 5.92 Å². The van der Waals surface area contributed by atoms with Gasteiger partial charge in [0.1, 0.15) is 0 Å². The van der Waals surface area contributed by atoms with Gasteiger partial charge in [0.05, 0.1) is 0 Å². The van der Waals surface area contributed by atoms with Gasteiger partial charge in [0.2, 0.25) is 0 Å². The second-order valence-corrected chi connectivity index (χ2v) is 5.40. The highest BCUT2D eigenvalue weighted by Crippen LogP contribution is 2.45. The zero-order valence-electron chi connectivity index (χ0n) is 10.3. The minimum atomic E-state index is 0.602. The highest BCUT2D eigenvalue weighted by molar-refractivity contribution is 5.57. The van der Waals surface area contributed by atoms with Crippen LogP contribution in [0.1, 0.15) is 30.5 Å². The molecule has 1 fully saturated rings. The molecule has 0 aliphatic carbocycles. The molecule has 0 saturated carbocycles. The largest absolute Gasteiger partial charge is 0.382 e. The van der Waals surface area contributed by atoms with Crippen LogP contribution in [0.5, 0.6) is 0 Å². The maximum Gasteiger partial charge on any atom is 0.0413 e. The number of nitrogens with zero attached hydrogens (tertiary/aromatic N) is 1. The van der Waals surface area contributed by atoms with Gasteiger partial charge in [-0.15, -0.1) is 0 Å². The van der Waals surface area contributed by atoms with Crippen molar-refractivity contribution in [3.05, 3.63) is 29.3 Å². The Kier molecular flexibility index (Phi) is 2.21. The van der Waals surface area contributed by atoms with E-state index in [1.807, 2.05) is 0 Å². The number of anilines is 1. The van der Waals surface area contributed by atoms with Crippen LogP contribution in [0.25, 0.3) is 0 Å². The Balaban J connectivity index is 2.10. The molecule has 0 unspecified atom stereocenters. The lowest BCUT2D eigenvalue weighted by Crippen LogP contribution is -2.36. The standard InChI is InChI=1S/C14H20N2/c1-9-4-5-13-12(8-9)14-11(10(2)15-13)6-7-16(14)3/h4-5,8,10-11,14-15H,6-7H2,1-3H3/t10-,11+,14+/m0/s1. The Morgan fingerprint density at radius 2 is 2.19 bits per heavy atom. The summed E-state index contributed by atoms with van der Waals surface area (Å²) in [6, 6.07) is 8.03. The smallest absolute Gasteiger partial charge is 0.0413 e. The van der Waals surface area contributed by atoms with E-state index in [4.69, 9.17) is 0 Å². The highest BCUT2D eigenvalue weighted by atomic mass is 15.2. The molecule has 2 nitrogen and oxygen atoms in total. The van der Waals surface area contributed by atoms with E-state index >= 15 is 0 Å². The maximum atomic E-state index is 3.65. The number of likely N-dealkylation sites (tertiary alicyclic amines) is 1. The van der Waals surface area contributed by atoms with Gasteiger partial charge in [0.15, 0.2) is 0 Å². The zero-order valence-corrected chi connectivity index (χ0v) is 10.3. The lowest BCUT2D eigenvalue weighted by molar-refractivity contribution is 0.258. The normalized spacial score (nSPS) is 33.1. The van der Waals surface area contributed by atoms with Crippen LogP contribution in [-0.2, 0) is 0 Å². The third-order valence-electron chi connectivity index (χ3n) is 4.25. The van der Waals surface area contributed by atoms with Crippen LogP contribution in [-0.4, -0.2) is 24.5 Å². The van der Waals surface area contributed by atoms with Crippen LogP contribution >= 0.6 is 0 Å². The average Bonchev–Trinajstić information content (AvgIpc) is 2.63. The van der Waals surface area contributed by atoms with E-state index < -0.39 is 0 Å². The SMILES string of the molecule is Cc1ccc2c(c1)[C@H]1[C@H](CCN1C)[C@H](C)N2. The molecule has 1 aromatic carbocycles. The molecule has 2 aliphatic rings. The van der Waals surface area contributed by atoms with E-state index in [2.05, 4.69) is 49.3 Å². The van der Waals surface area contributed by atoms with Crippen molar-refractivity contribution in [3.8, 4) is 0 Å². The van der Waals surface area contributed by atoms with Crippen LogP contribution < -0.4 is 5.32 Å². The van der Waals surface area contributed by atoms with E-state index in [1.165, 1.54) is 29.8 Å². The van der Waals surface area contributed by atoms with Crippen molar-refractivity contribution in [2.24, 2.45) is 5.92 Å². The van der Waals surface area contributed by atoms with Crippen LogP contribution in [0.15, 0.2) is 18.2 Å². The lowest BCUT2D eigenvalue weighted by Gasteiger charge is -2.37. The van der Waals surface area contributed by atoms with Gasteiger partial charge in [0.25, 0.3) is 0 Å². The van der Waals surface area contributed by atoms with Crippen molar-refractivity contribution in [2.45, 2.75) is 32.4 Å². The summed E-state index contributed by atoms with van der Waals surface area (Å²) in [5.41, 5.74) is 4.21. The molecule has 1 aromatic rings. The first-order valence-electron chi connectivity index (χ1n) is 6.24. The molecule has 3 rings (SSSR count). The monoisotopic (exact) mass is 216 g/mol. The fourth-order valence-corrected chi connectivity index (χ4v) is 3.38. The molecule has 86 valence electrons. The van der Waals surface area contributed by atoms with Gasteiger partial charge >= 0.3 is 0 Å². The predicted octanol–water partition coefficient (Wildman–Crippen LogP) is 2.80.